The number of aromatic carboxylic acids is 1. The molecule has 1 aliphatic carbocycles. The van der Waals surface area contributed by atoms with E-state index in [1.54, 1.807) is 11.3 Å². The molecule has 0 aromatic carbocycles. The van der Waals surface area contributed by atoms with Crippen molar-refractivity contribution in [1.29, 1.82) is 0 Å². The van der Waals surface area contributed by atoms with Crippen LogP contribution in [0, 0.1) is 6.92 Å². The molecule has 2 heterocycles. The number of aromatic nitrogens is 1. The van der Waals surface area contributed by atoms with Gasteiger partial charge in [-0.3, -0.25) is 0 Å². The van der Waals surface area contributed by atoms with Gasteiger partial charge in [0, 0.05) is 10.8 Å². The van der Waals surface area contributed by atoms with E-state index in [0.29, 0.717) is 10.8 Å². The lowest BCUT2D eigenvalue weighted by Crippen LogP contribution is -1.97. The molecule has 5 heteroatoms. The molecule has 0 unspecified atom stereocenters. The Morgan fingerprint density at radius 1 is 1.41 bits per heavy atom. The number of rotatable bonds is 3. The summed E-state index contributed by atoms with van der Waals surface area (Å²) >= 11 is 2.96. The van der Waals surface area contributed by atoms with E-state index in [-0.39, 0.29) is 0 Å². The summed E-state index contributed by atoms with van der Waals surface area (Å²) in [6, 6.07) is 4.06. The zero-order chi connectivity index (χ0) is 12.0. The van der Waals surface area contributed by atoms with Crippen molar-refractivity contribution >= 4 is 28.6 Å². The van der Waals surface area contributed by atoms with E-state index in [0.717, 1.165) is 28.4 Å². The van der Waals surface area contributed by atoms with Gasteiger partial charge in [0.2, 0.25) is 0 Å². The monoisotopic (exact) mass is 265 g/mol. The fourth-order valence-electron chi connectivity index (χ4n) is 1.77. The van der Waals surface area contributed by atoms with E-state index >= 15 is 0 Å². The van der Waals surface area contributed by atoms with Gasteiger partial charge in [0.1, 0.15) is 9.88 Å². The number of carboxylic acid groups (broad SMARTS) is 1. The maximum atomic E-state index is 11.2. The molecule has 0 aliphatic heterocycles. The Kier molecular flexibility index (Phi) is 2.52. The average Bonchev–Trinajstić information content (AvgIpc) is 2.87. The predicted molar refractivity (Wildman–Crippen MR) is 69.1 cm³/mol. The first-order valence-corrected chi connectivity index (χ1v) is 7.09. The molecular formula is C12H11NO2S2. The maximum absolute atomic E-state index is 11.2. The molecule has 1 fully saturated rings. The van der Waals surface area contributed by atoms with E-state index in [1.165, 1.54) is 16.2 Å². The van der Waals surface area contributed by atoms with Crippen molar-refractivity contribution in [2.75, 3.05) is 0 Å². The van der Waals surface area contributed by atoms with E-state index in [9.17, 15) is 9.90 Å². The number of thiophene rings is 1. The highest BCUT2D eigenvalue weighted by Crippen LogP contribution is 2.44. The minimum absolute atomic E-state index is 0.382. The zero-order valence-electron chi connectivity index (χ0n) is 9.27. The standard InChI is InChI=1S/C12H11NO2S2/c1-6-2-5-8(16-6)11-13-9(7-3-4-7)10(17-11)12(14)15/h2,5,7H,3-4H2,1H3,(H,14,15). The van der Waals surface area contributed by atoms with Crippen LogP contribution in [0.5, 0.6) is 0 Å². The van der Waals surface area contributed by atoms with Gasteiger partial charge in [-0.15, -0.1) is 22.7 Å². The minimum atomic E-state index is -0.844. The van der Waals surface area contributed by atoms with Crippen LogP contribution in [0.4, 0.5) is 0 Å². The van der Waals surface area contributed by atoms with Gasteiger partial charge in [-0.2, -0.15) is 0 Å². The second kappa shape index (κ2) is 3.92. The normalized spacial score (nSPS) is 15.1. The molecule has 0 amide bonds. The van der Waals surface area contributed by atoms with E-state index < -0.39 is 5.97 Å². The van der Waals surface area contributed by atoms with Crippen LogP contribution in [0.3, 0.4) is 0 Å². The number of carbonyl (C=O) groups is 1. The molecule has 2 aromatic heterocycles. The van der Waals surface area contributed by atoms with Gasteiger partial charge >= 0.3 is 5.97 Å². The molecule has 3 rings (SSSR count). The van der Waals surface area contributed by atoms with Crippen LogP contribution in [0.25, 0.3) is 9.88 Å². The number of carboxylic acids is 1. The largest absolute Gasteiger partial charge is 0.477 e. The summed E-state index contributed by atoms with van der Waals surface area (Å²) in [5, 5.41) is 10.0. The van der Waals surface area contributed by atoms with Gasteiger partial charge in [-0.05, 0) is 31.9 Å². The first-order chi connectivity index (χ1) is 8.15. The van der Waals surface area contributed by atoms with Crippen LogP contribution >= 0.6 is 22.7 Å². The molecule has 0 saturated heterocycles. The molecule has 0 radical (unpaired) electrons. The quantitative estimate of drug-likeness (QED) is 0.919. The fraction of sp³-hybridized carbons (Fsp3) is 0.333. The van der Waals surface area contributed by atoms with Crippen molar-refractivity contribution in [2.24, 2.45) is 0 Å². The van der Waals surface area contributed by atoms with Gasteiger partial charge in [-0.1, -0.05) is 0 Å². The van der Waals surface area contributed by atoms with E-state index in [4.69, 9.17) is 0 Å². The molecule has 3 nitrogen and oxygen atoms in total. The van der Waals surface area contributed by atoms with Crippen molar-refractivity contribution in [3.05, 3.63) is 27.6 Å². The van der Waals surface area contributed by atoms with Crippen LogP contribution < -0.4 is 0 Å². The third-order valence-corrected chi connectivity index (χ3v) is 4.99. The number of thiazole rings is 1. The summed E-state index contributed by atoms with van der Waals surface area (Å²) in [5.74, 6) is -0.462. The highest BCUT2D eigenvalue weighted by Gasteiger charge is 2.32. The van der Waals surface area contributed by atoms with Crippen LogP contribution in [0.2, 0.25) is 0 Å². The third kappa shape index (κ3) is 2.00. The topological polar surface area (TPSA) is 50.2 Å². The first-order valence-electron chi connectivity index (χ1n) is 5.46. The van der Waals surface area contributed by atoms with E-state index in [2.05, 4.69) is 4.98 Å². The molecule has 1 saturated carbocycles. The Labute approximate surface area is 107 Å². The molecule has 17 heavy (non-hydrogen) atoms. The molecule has 2 aromatic rings. The third-order valence-electron chi connectivity index (χ3n) is 2.76. The van der Waals surface area contributed by atoms with Crippen LogP contribution in [-0.2, 0) is 0 Å². The summed E-state index contributed by atoms with van der Waals surface area (Å²) in [5.41, 5.74) is 0.795. The van der Waals surface area contributed by atoms with Crippen molar-refractivity contribution in [3.63, 3.8) is 0 Å². The smallest absolute Gasteiger partial charge is 0.347 e. The van der Waals surface area contributed by atoms with E-state index in [1.807, 2.05) is 19.1 Å². The second-order valence-corrected chi connectivity index (χ2v) is 6.51. The SMILES string of the molecule is Cc1ccc(-c2nc(C3CC3)c(C(=O)O)s2)s1. The van der Waals surface area contributed by atoms with Crippen LogP contribution in [0.15, 0.2) is 12.1 Å². The Bertz CT molecular complexity index is 581. The lowest BCUT2D eigenvalue weighted by molar-refractivity contribution is 0.0700. The van der Waals surface area contributed by atoms with Gasteiger partial charge in [0.05, 0.1) is 10.6 Å². The Hall–Kier alpha value is -1.20. The molecule has 1 aliphatic rings. The number of nitrogens with zero attached hydrogens (tertiary/aromatic N) is 1. The molecule has 88 valence electrons. The number of hydrogen-bond acceptors (Lipinski definition) is 4. The summed E-state index contributed by atoms with van der Waals surface area (Å²) in [6.07, 6.45) is 2.15. The van der Waals surface area contributed by atoms with Crippen molar-refractivity contribution < 1.29 is 9.90 Å². The van der Waals surface area contributed by atoms with Crippen LogP contribution in [0.1, 0.15) is 39.0 Å². The highest BCUT2D eigenvalue weighted by molar-refractivity contribution is 7.22. The summed E-state index contributed by atoms with van der Waals surface area (Å²) in [6.45, 7) is 2.04. The minimum Gasteiger partial charge on any atom is -0.477 e. The van der Waals surface area contributed by atoms with Gasteiger partial charge in [0.25, 0.3) is 0 Å². The molecule has 1 N–H and O–H groups in total. The lowest BCUT2D eigenvalue weighted by atomic mass is 10.2. The Morgan fingerprint density at radius 2 is 2.18 bits per heavy atom. The molecule has 0 atom stereocenters. The highest BCUT2D eigenvalue weighted by atomic mass is 32.1. The van der Waals surface area contributed by atoms with Gasteiger partial charge in [-0.25, -0.2) is 9.78 Å². The number of aryl methyl sites for hydroxylation is 1. The maximum Gasteiger partial charge on any atom is 0.347 e. The second-order valence-electron chi connectivity index (χ2n) is 4.22. The van der Waals surface area contributed by atoms with Gasteiger partial charge < -0.3 is 5.11 Å². The predicted octanol–water partition coefficient (Wildman–Crippen LogP) is 3.76. The molecular weight excluding hydrogens is 254 g/mol. The van der Waals surface area contributed by atoms with Crippen molar-refractivity contribution in [2.45, 2.75) is 25.7 Å². The fourth-order valence-corrected chi connectivity index (χ4v) is 3.69. The van der Waals surface area contributed by atoms with Crippen LogP contribution in [-0.4, -0.2) is 16.1 Å². The Morgan fingerprint density at radius 3 is 2.71 bits per heavy atom. The summed E-state index contributed by atoms with van der Waals surface area (Å²) in [4.78, 5) is 18.4. The summed E-state index contributed by atoms with van der Waals surface area (Å²) in [7, 11) is 0. The van der Waals surface area contributed by atoms with Gasteiger partial charge in [0.15, 0.2) is 0 Å². The molecule has 0 spiro atoms. The number of hydrogen-bond donors (Lipinski definition) is 1. The lowest BCUT2D eigenvalue weighted by Gasteiger charge is -1.91. The first kappa shape index (κ1) is 10.9. The zero-order valence-corrected chi connectivity index (χ0v) is 10.9. The van der Waals surface area contributed by atoms with Crippen molar-refractivity contribution in [3.8, 4) is 9.88 Å². The average molecular weight is 265 g/mol. The van der Waals surface area contributed by atoms with Crippen molar-refractivity contribution in [1.82, 2.24) is 4.98 Å². The summed E-state index contributed by atoms with van der Waals surface area (Å²) < 4.78 is 0. The molecule has 0 bridgehead atoms. The Balaban J connectivity index is 2.06.